The second-order valence-corrected chi connectivity index (χ2v) is 13.7. The molecule has 51 heavy (non-hydrogen) atoms. The molecule has 0 aliphatic heterocycles. The highest BCUT2D eigenvalue weighted by atomic mass is 15.0. The molecule has 1 aliphatic carbocycles. The molecule has 0 fully saturated rings. The monoisotopic (exact) mass is 649 g/mol. The maximum absolute atomic E-state index is 2.43. The van der Waals surface area contributed by atoms with E-state index in [1.807, 2.05) is 0 Å². The van der Waals surface area contributed by atoms with Gasteiger partial charge in [-0.05, 0) is 104 Å². The third-order valence-corrected chi connectivity index (χ3v) is 10.8. The highest BCUT2D eigenvalue weighted by Gasteiger charge is 2.29. The molecule has 0 bridgehead atoms. The lowest BCUT2D eigenvalue weighted by Crippen LogP contribution is -2.01. The Labute approximate surface area is 298 Å². The summed E-state index contributed by atoms with van der Waals surface area (Å²) in [7, 11) is 0. The van der Waals surface area contributed by atoms with E-state index in [4.69, 9.17) is 0 Å². The van der Waals surface area contributed by atoms with Gasteiger partial charge in [0.15, 0.2) is 0 Å². The van der Waals surface area contributed by atoms with Gasteiger partial charge in [-0.3, -0.25) is 0 Å². The summed E-state index contributed by atoms with van der Waals surface area (Å²) in [5, 5.41) is 2.54. The highest BCUT2D eigenvalue weighted by Crippen LogP contribution is 2.48. The summed E-state index contributed by atoms with van der Waals surface area (Å²) in [6.07, 6.45) is 0.982. The molecule has 1 aliphatic rings. The van der Waals surface area contributed by atoms with E-state index in [1.165, 1.54) is 88.7 Å². The molecule has 0 radical (unpaired) electrons. The molecule has 1 nitrogen and oxygen atoms in total. The predicted molar refractivity (Wildman–Crippen MR) is 215 cm³/mol. The van der Waals surface area contributed by atoms with E-state index in [0.29, 0.717) is 5.92 Å². The SMILES string of the molecule is c1ccc(-c2ccc(CC3c4ccccc4-c4cc(-c5ccc6c(c5)c5ccccc5n6-c5cccc(-c6ccccc6)c5)ccc43)cc2)cc1. The van der Waals surface area contributed by atoms with Gasteiger partial charge >= 0.3 is 0 Å². The summed E-state index contributed by atoms with van der Waals surface area (Å²) in [4.78, 5) is 0. The third kappa shape index (κ3) is 5.09. The average Bonchev–Trinajstić information content (AvgIpc) is 3.71. The summed E-state index contributed by atoms with van der Waals surface area (Å²) < 4.78 is 2.41. The normalized spacial score (nSPS) is 13.4. The zero-order chi connectivity index (χ0) is 33.7. The highest BCUT2D eigenvalue weighted by molar-refractivity contribution is 6.10. The second kappa shape index (κ2) is 12.2. The molecule has 0 amide bonds. The minimum Gasteiger partial charge on any atom is -0.309 e. The Balaban J connectivity index is 1.03. The van der Waals surface area contributed by atoms with Crippen molar-refractivity contribution in [1.82, 2.24) is 4.57 Å². The van der Waals surface area contributed by atoms with Crippen LogP contribution in [-0.4, -0.2) is 4.57 Å². The first-order chi connectivity index (χ1) is 25.3. The molecule has 1 unspecified atom stereocenters. The molecule has 1 heteroatoms. The zero-order valence-electron chi connectivity index (χ0n) is 28.2. The standard InChI is InChI=1S/C50H35N/c1-3-12-35(13-4-1)37-24-22-34(23-25-37)30-46-42-18-7-8-19-43(42)47-32-39(26-28-44(46)47)40-27-29-50-48(33-40)45-20-9-10-21-49(45)51(50)41-17-11-16-38(31-41)36-14-5-2-6-15-36/h1-29,31-33,46H,30H2. The summed E-state index contributed by atoms with van der Waals surface area (Å²) >= 11 is 0. The van der Waals surface area contributed by atoms with Crippen LogP contribution in [0.5, 0.6) is 0 Å². The smallest absolute Gasteiger partial charge is 0.0541 e. The van der Waals surface area contributed by atoms with Crippen molar-refractivity contribution in [3.05, 3.63) is 211 Å². The topological polar surface area (TPSA) is 4.93 Å². The van der Waals surface area contributed by atoms with Crippen molar-refractivity contribution in [3.8, 4) is 50.2 Å². The number of benzene rings is 8. The van der Waals surface area contributed by atoms with E-state index >= 15 is 0 Å². The molecule has 240 valence electrons. The first kappa shape index (κ1) is 29.5. The average molecular weight is 650 g/mol. The van der Waals surface area contributed by atoms with Crippen LogP contribution in [0.2, 0.25) is 0 Å². The van der Waals surface area contributed by atoms with Crippen LogP contribution in [0.15, 0.2) is 194 Å². The van der Waals surface area contributed by atoms with Crippen LogP contribution in [0.1, 0.15) is 22.6 Å². The van der Waals surface area contributed by atoms with Gasteiger partial charge in [-0.1, -0.05) is 158 Å². The molecular formula is C50H35N. The van der Waals surface area contributed by atoms with Crippen molar-refractivity contribution in [2.45, 2.75) is 12.3 Å². The summed E-state index contributed by atoms with van der Waals surface area (Å²) in [5.41, 5.74) is 18.0. The fourth-order valence-corrected chi connectivity index (χ4v) is 8.29. The Morgan fingerprint density at radius 2 is 0.922 bits per heavy atom. The first-order valence-electron chi connectivity index (χ1n) is 17.9. The van der Waals surface area contributed by atoms with Crippen LogP contribution in [0, 0.1) is 0 Å². The number of aromatic nitrogens is 1. The summed E-state index contributed by atoms with van der Waals surface area (Å²) in [6.45, 7) is 0. The van der Waals surface area contributed by atoms with Crippen LogP contribution >= 0.6 is 0 Å². The molecule has 9 aromatic rings. The molecular weight excluding hydrogens is 615 g/mol. The Bertz CT molecular complexity index is 2700. The van der Waals surface area contributed by atoms with Gasteiger partial charge in [0.2, 0.25) is 0 Å². The Morgan fingerprint density at radius 1 is 0.353 bits per heavy atom. The lowest BCUT2D eigenvalue weighted by molar-refractivity contribution is 0.827. The molecule has 1 aromatic heterocycles. The van der Waals surface area contributed by atoms with Crippen LogP contribution in [-0.2, 0) is 6.42 Å². The molecule has 1 heterocycles. The quantitative estimate of drug-likeness (QED) is 0.169. The largest absolute Gasteiger partial charge is 0.309 e. The van der Waals surface area contributed by atoms with Gasteiger partial charge in [0.25, 0.3) is 0 Å². The maximum atomic E-state index is 2.43. The Kier molecular flexibility index (Phi) is 7.03. The molecule has 1 atom stereocenters. The van der Waals surface area contributed by atoms with Crippen molar-refractivity contribution in [2.24, 2.45) is 0 Å². The van der Waals surface area contributed by atoms with Gasteiger partial charge in [0.05, 0.1) is 11.0 Å². The Morgan fingerprint density at radius 3 is 1.75 bits per heavy atom. The number of nitrogens with zero attached hydrogens (tertiary/aromatic N) is 1. The molecule has 0 saturated carbocycles. The molecule has 10 rings (SSSR count). The number of rotatable bonds is 6. The van der Waals surface area contributed by atoms with E-state index in [2.05, 4.69) is 199 Å². The minimum absolute atomic E-state index is 0.333. The van der Waals surface area contributed by atoms with E-state index in [-0.39, 0.29) is 0 Å². The number of para-hydroxylation sites is 1. The van der Waals surface area contributed by atoms with Crippen LogP contribution in [0.4, 0.5) is 0 Å². The van der Waals surface area contributed by atoms with Crippen molar-refractivity contribution in [1.29, 1.82) is 0 Å². The van der Waals surface area contributed by atoms with Gasteiger partial charge in [-0.2, -0.15) is 0 Å². The van der Waals surface area contributed by atoms with Crippen LogP contribution in [0.25, 0.3) is 72.0 Å². The molecule has 8 aromatic carbocycles. The van der Waals surface area contributed by atoms with Crippen molar-refractivity contribution >= 4 is 21.8 Å². The maximum Gasteiger partial charge on any atom is 0.0541 e. The van der Waals surface area contributed by atoms with Gasteiger partial charge in [0.1, 0.15) is 0 Å². The first-order valence-corrected chi connectivity index (χ1v) is 17.9. The van der Waals surface area contributed by atoms with E-state index in [1.54, 1.807) is 0 Å². The number of hydrogen-bond acceptors (Lipinski definition) is 0. The van der Waals surface area contributed by atoms with E-state index in [9.17, 15) is 0 Å². The minimum atomic E-state index is 0.333. The second-order valence-electron chi connectivity index (χ2n) is 13.7. The number of fused-ring (bicyclic) bond motifs is 6. The lowest BCUT2D eigenvalue weighted by Gasteiger charge is -2.15. The van der Waals surface area contributed by atoms with E-state index in [0.717, 1.165) is 6.42 Å². The molecule has 0 saturated heterocycles. The molecule has 0 spiro atoms. The van der Waals surface area contributed by atoms with Gasteiger partial charge in [-0.15, -0.1) is 0 Å². The Hall–Kier alpha value is -6.44. The van der Waals surface area contributed by atoms with Gasteiger partial charge < -0.3 is 4.57 Å². The summed E-state index contributed by atoms with van der Waals surface area (Å²) in [5.74, 6) is 0.333. The zero-order valence-corrected chi connectivity index (χ0v) is 28.2. The lowest BCUT2D eigenvalue weighted by atomic mass is 9.89. The van der Waals surface area contributed by atoms with Crippen LogP contribution < -0.4 is 0 Å². The molecule has 0 N–H and O–H groups in total. The predicted octanol–water partition coefficient (Wildman–Crippen LogP) is 13.1. The van der Waals surface area contributed by atoms with Crippen molar-refractivity contribution in [2.75, 3.05) is 0 Å². The third-order valence-electron chi connectivity index (χ3n) is 10.8. The van der Waals surface area contributed by atoms with Gasteiger partial charge in [-0.25, -0.2) is 0 Å². The van der Waals surface area contributed by atoms with Crippen molar-refractivity contribution in [3.63, 3.8) is 0 Å². The fraction of sp³-hybridized carbons (Fsp3) is 0.0400. The number of hydrogen-bond donors (Lipinski definition) is 0. The van der Waals surface area contributed by atoms with Crippen LogP contribution in [0.3, 0.4) is 0 Å². The fourth-order valence-electron chi connectivity index (χ4n) is 8.29. The summed E-state index contributed by atoms with van der Waals surface area (Å²) in [6, 6.07) is 71.3. The van der Waals surface area contributed by atoms with E-state index < -0.39 is 0 Å². The van der Waals surface area contributed by atoms with Crippen molar-refractivity contribution < 1.29 is 0 Å². The van der Waals surface area contributed by atoms with Gasteiger partial charge in [0, 0.05) is 22.4 Å².